The molecular formula is C13H8N4O2. The van der Waals surface area contributed by atoms with Gasteiger partial charge in [-0.05, 0) is 17.7 Å². The van der Waals surface area contributed by atoms with Crippen molar-refractivity contribution in [2.45, 2.75) is 6.54 Å². The van der Waals surface area contributed by atoms with Crippen LogP contribution in [0.1, 0.15) is 27.3 Å². The number of rotatable bonds is 3. The molecule has 1 N–H and O–H groups in total. The number of benzene rings is 1. The summed E-state index contributed by atoms with van der Waals surface area (Å²) in [6, 6.07) is 10.1. The molecule has 0 aliphatic rings. The number of carboxylic acids is 1. The van der Waals surface area contributed by atoms with E-state index in [4.69, 9.17) is 15.6 Å². The van der Waals surface area contributed by atoms with Gasteiger partial charge in [-0.25, -0.2) is 9.78 Å². The van der Waals surface area contributed by atoms with E-state index in [9.17, 15) is 4.79 Å². The molecule has 2 rings (SSSR count). The number of carbonyl (C=O) groups is 1. The lowest BCUT2D eigenvalue weighted by atomic mass is 10.1. The minimum Gasteiger partial charge on any atom is -0.478 e. The van der Waals surface area contributed by atoms with Crippen LogP contribution in [0, 0.1) is 22.7 Å². The first-order valence-corrected chi connectivity index (χ1v) is 5.33. The fourth-order valence-electron chi connectivity index (χ4n) is 1.65. The molecule has 1 aromatic carbocycles. The third-order valence-electron chi connectivity index (χ3n) is 2.60. The van der Waals surface area contributed by atoms with Crippen molar-refractivity contribution in [3.63, 3.8) is 0 Å². The van der Waals surface area contributed by atoms with E-state index < -0.39 is 5.97 Å². The number of nitriles is 2. The molecule has 0 unspecified atom stereocenters. The number of aromatic nitrogens is 2. The van der Waals surface area contributed by atoms with Gasteiger partial charge in [0.2, 0.25) is 0 Å². The van der Waals surface area contributed by atoms with Gasteiger partial charge in [-0.15, -0.1) is 0 Å². The van der Waals surface area contributed by atoms with Crippen LogP contribution in [0.3, 0.4) is 0 Å². The highest BCUT2D eigenvalue weighted by molar-refractivity contribution is 5.87. The van der Waals surface area contributed by atoms with E-state index in [1.165, 1.54) is 18.5 Å². The van der Waals surface area contributed by atoms with Crippen LogP contribution in [-0.4, -0.2) is 20.6 Å². The third-order valence-corrected chi connectivity index (χ3v) is 2.60. The van der Waals surface area contributed by atoms with Gasteiger partial charge in [-0.1, -0.05) is 12.1 Å². The minimum absolute atomic E-state index is 0.0876. The summed E-state index contributed by atoms with van der Waals surface area (Å²) in [6.07, 6.45) is 1.42. The van der Waals surface area contributed by atoms with Gasteiger partial charge in [0.15, 0.2) is 11.4 Å². The summed E-state index contributed by atoms with van der Waals surface area (Å²) in [5, 5.41) is 26.5. The Hall–Kier alpha value is -3.12. The van der Waals surface area contributed by atoms with E-state index in [1.807, 2.05) is 12.1 Å². The van der Waals surface area contributed by atoms with E-state index in [0.717, 1.165) is 5.56 Å². The second-order valence-electron chi connectivity index (χ2n) is 3.80. The van der Waals surface area contributed by atoms with Crippen molar-refractivity contribution < 1.29 is 9.90 Å². The fourth-order valence-corrected chi connectivity index (χ4v) is 1.65. The Labute approximate surface area is 108 Å². The molecule has 0 radical (unpaired) electrons. The second kappa shape index (κ2) is 5.03. The van der Waals surface area contributed by atoms with Crippen LogP contribution < -0.4 is 0 Å². The first kappa shape index (κ1) is 12.3. The molecule has 0 atom stereocenters. The Morgan fingerprint density at radius 3 is 2.47 bits per heavy atom. The summed E-state index contributed by atoms with van der Waals surface area (Å²) in [5.74, 6) is -0.987. The molecule has 0 aliphatic carbocycles. The highest BCUT2D eigenvalue weighted by atomic mass is 16.4. The highest BCUT2D eigenvalue weighted by Crippen LogP contribution is 2.10. The van der Waals surface area contributed by atoms with Crippen LogP contribution in [0.4, 0.5) is 0 Å². The van der Waals surface area contributed by atoms with Gasteiger partial charge < -0.3 is 9.67 Å². The van der Waals surface area contributed by atoms with Crippen LogP contribution in [0.25, 0.3) is 0 Å². The first-order valence-electron chi connectivity index (χ1n) is 5.33. The SMILES string of the molecule is N#Cc1ncn(Cc2ccc(C(=O)O)cc2)c1C#N. The Kier molecular flexibility index (Phi) is 3.26. The molecule has 0 bridgehead atoms. The number of nitrogens with zero attached hydrogens (tertiary/aromatic N) is 4. The molecule has 0 fully saturated rings. The quantitative estimate of drug-likeness (QED) is 0.888. The molecule has 19 heavy (non-hydrogen) atoms. The van der Waals surface area contributed by atoms with Gasteiger partial charge in [0, 0.05) is 6.54 Å². The van der Waals surface area contributed by atoms with Gasteiger partial charge in [0.1, 0.15) is 12.1 Å². The van der Waals surface area contributed by atoms with Crippen molar-refractivity contribution in [1.82, 2.24) is 9.55 Å². The zero-order chi connectivity index (χ0) is 13.8. The van der Waals surface area contributed by atoms with Gasteiger partial charge in [-0.3, -0.25) is 0 Å². The lowest BCUT2D eigenvalue weighted by Crippen LogP contribution is -2.02. The maximum atomic E-state index is 10.7. The molecule has 2 aromatic rings. The second-order valence-corrected chi connectivity index (χ2v) is 3.80. The largest absolute Gasteiger partial charge is 0.478 e. The highest BCUT2D eigenvalue weighted by Gasteiger charge is 2.10. The molecule has 1 heterocycles. The predicted molar refractivity (Wildman–Crippen MR) is 64.2 cm³/mol. The number of imidazole rings is 1. The van der Waals surface area contributed by atoms with Crippen molar-refractivity contribution in [3.05, 3.63) is 53.1 Å². The van der Waals surface area contributed by atoms with Crippen molar-refractivity contribution in [2.75, 3.05) is 0 Å². The van der Waals surface area contributed by atoms with Gasteiger partial charge in [0.05, 0.1) is 11.9 Å². The van der Waals surface area contributed by atoms with E-state index in [-0.39, 0.29) is 17.0 Å². The summed E-state index contributed by atoms with van der Waals surface area (Å²) in [6.45, 7) is 0.359. The summed E-state index contributed by atoms with van der Waals surface area (Å²) >= 11 is 0. The molecule has 6 nitrogen and oxygen atoms in total. The van der Waals surface area contributed by atoms with E-state index in [0.29, 0.717) is 6.54 Å². The fraction of sp³-hybridized carbons (Fsp3) is 0.0769. The molecule has 0 spiro atoms. The summed E-state index contributed by atoms with van der Waals surface area (Å²) in [7, 11) is 0. The van der Waals surface area contributed by atoms with Crippen LogP contribution in [0.5, 0.6) is 0 Å². The van der Waals surface area contributed by atoms with Crippen molar-refractivity contribution in [3.8, 4) is 12.1 Å². The molecule has 0 amide bonds. The van der Waals surface area contributed by atoms with Crippen molar-refractivity contribution in [1.29, 1.82) is 10.5 Å². The zero-order valence-corrected chi connectivity index (χ0v) is 9.74. The predicted octanol–water partition coefficient (Wildman–Crippen LogP) is 1.37. The zero-order valence-electron chi connectivity index (χ0n) is 9.74. The monoisotopic (exact) mass is 252 g/mol. The third kappa shape index (κ3) is 2.43. The van der Waals surface area contributed by atoms with Gasteiger partial charge in [0.25, 0.3) is 0 Å². The van der Waals surface area contributed by atoms with Crippen LogP contribution in [0.15, 0.2) is 30.6 Å². The van der Waals surface area contributed by atoms with Crippen molar-refractivity contribution in [2.24, 2.45) is 0 Å². The molecular weight excluding hydrogens is 244 g/mol. The Morgan fingerprint density at radius 1 is 1.26 bits per heavy atom. The lowest BCUT2D eigenvalue weighted by molar-refractivity contribution is 0.0697. The first-order chi connectivity index (χ1) is 9.15. The summed E-state index contributed by atoms with van der Waals surface area (Å²) in [5.41, 5.74) is 1.31. The maximum Gasteiger partial charge on any atom is 0.335 e. The molecule has 0 aliphatic heterocycles. The topological polar surface area (TPSA) is 103 Å². The number of carboxylic acid groups (broad SMARTS) is 1. The Bertz CT molecular complexity index is 702. The lowest BCUT2D eigenvalue weighted by Gasteiger charge is -2.04. The van der Waals surface area contributed by atoms with Crippen molar-refractivity contribution >= 4 is 5.97 Å². The number of hydrogen-bond acceptors (Lipinski definition) is 4. The van der Waals surface area contributed by atoms with Crippen LogP contribution in [0.2, 0.25) is 0 Å². The number of hydrogen-bond donors (Lipinski definition) is 1. The normalized spacial score (nSPS) is 9.58. The summed E-state index contributed by atoms with van der Waals surface area (Å²) in [4.78, 5) is 14.6. The Morgan fingerprint density at radius 2 is 1.95 bits per heavy atom. The molecule has 92 valence electrons. The number of aromatic carboxylic acids is 1. The minimum atomic E-state index is -0.987. The van der Waals surface area contributed by atoms with Crippen LogP contribution in [-0.2, 0) is 6.54 Å². The average Bonchev–Trinajstić information content (AvgIpc) is 2.81. The standard InChI is InChI=1S/C13H8N4O2/c14-5-11-12(6-15)17(8-16-11)7-9-1-3-10(4-2-9)13(18)19/h1-4,8H,7H2,(H,18,19). The Balaban J connectivity index is 2.27. The molecule has 6 heteroatoms. The molecule has 1 aromatic heterocycles. The maximum absolute atomic E-state index is 10.7. The van der Waals surface area contributed by atoms with Gasteiger partial charge in [-0.2, -0.15) is 10.5 Å². The molecule has 0 saturated heterocycles. The smallest absolute Gasteiger partial charge is 0.335 e. The van der Waals surface area contributed by atoms with Crippen LogP contribution >= 0.6 is 0 Å². The van der Waals surface area contributed by atoms with E-state index in [1.54, 1.807) is 16.7 Å². The molecule has 0 saturated carbocycles. The summed E-state index contributed by atoms with van der Waals surface area (Å²) < 4.78 is 1.55. The van der Waals surface area contributed by atoms with Gasteiger partial charge >= 0.3 is 5.97 Å². The van der Waals surface area contributed by atoms with E-state index >= 15 is 0 Å². The van der Waals surface area contributed by atoms with E-state index in [2.05, 4.69) is 4.98 Å². The average molecular weight is 252 g/mol.